The van der Waals surface area contributed by atoms with Crippen molar-refractivity contribution in [2.24, 2.45) is 13.0 Å². The van der Waals surface area contributed by atoms with Gasteiger partial charge in [-0.25, -0.2) is 9.78 Å². The van der Waals surface area contributed by atoms with Gasteiger partial charge in [0, 0.05) is 46.0 Å². The summed E-state index contributed by atoms with van der Waals surface area (Å²) in [5, 5.41) is 12.5. The molecule has 0 saturated heterocycles. The molecule has 0 aliphatic rings. The zero-order valence-electron chi connectivity index (χ0n) is 13.7. The highest BCUT2D eigenvalue weighted by atomic mass is 19.4. The van der Waals surface area contributed by atoms with Crippen LogP contribution in [0.3, 0.4) is 0 Å². The van der Waals surface area contributed by atoms with Gasteiger partial charge in [-0.15, -0.1) is 0 Å². The van der Waals surface area contributed by atoms with E-state index >= 15 is 0 Å². The largest absolute Gasteiger partial charge is 0.424 e. The molecule has 1 atom stereocenters. The van der Waals surface area contributed by atoms with Gasteiger partial charge in [0.15, 0.2) is 0 Å². The number of urea groups is 1. The molecule has 1 aromatic heterocycles. The van der Waals surface area contributed by atoms with Crippen molar-refractivity contribution in [3.63, 3.8) is 0 Å². The van der Waals surface area contributed by atoms with Gasteiger partial charge in [0.25, 0.3) is 0 Å². The van der Waals surface area contributed by atoms with E-state index in [4.69, 9.17) is 0 Å². The molecule has 1 rings (SSSR count). The number of rotatable bonds is 6. The number of aromatic nitrogens is 2. The van der Waals surface area contributed by atoms with Crippen molar-refractivity contribution < 1.29 is 23.1 Å². The number of alkyl halides is 3. The second-order valence-electron chi connectivity index (χ2n) is 5.98. The number of aliphatic hydroxyl groups is 1. The molecule has 1 heterocycles. The second kappa shape index (κ2) is 7.20. The van der Waals surface area contributed by atoms with Gasteiger partial charge in [0.1, 0.15) is 5.82 Å². The Morgan fingerprint density at radius 1 is 1.48 bits per heavy atom. The number of hydrogen-bond acceptors (Lipinski definition) is 3. The van der Waals surface area contributed by atoms with Gasteiger partial charge < -0.3 is 19.9 Å². The van der Waals surface area contributed by atoms with E-state index in [-0.39, 0.29) is 12.5 Å². The number of nitrogens with one attached hydrogen (secondary N) is 1. The molecular weight excluding hydrogens is 313 g/mol. The van der Waals surface area contributed by atoms with Crippen molar-refractivity contribution in [3.05, 3.63) is 18.2 Å². The van der Waals surface area contributed by atoms with Crippen LogP contribution in [-0.2, 0) is 12.6 Å². The van der Waals surface area contributed by atoms with E-state index in [1.54, 1.807) is 7.05 Å². The molecule has 2 amide bonds. The van der Waals surface area contributed by atoms with Gasteiger partial charge in [0.05, 0.1) is 0 Å². The normalized spacial score (nSPS) is 14.7. The number of hydrogen-bond donors (Lipinski definition) is 2. The Balaban J connectivity index is 2.75. The lowest BCUT2D eigenvalue weighted by atomic mass is 9.97. The molecule has 0 bridgehead atoms. The quantitative estimate of drug-likeness (QED) is 0.833. The van der Waals surface area contributed by atoms with Gasteiger partial charge in [0.2, 0.25) is 5.60 Å². The van der Waals surface area contributed by atoms with Gasteiger partial charge in [-0.1, -0.05) is 13.8 Å². The van der Waals surface area contributed by atoms with Crippen LogP contribution in [0.15, 0.2) is 12.4 Å². The molecule has 23 heavy (non-hydrogen) atoms. The lowest BCUT2D eigenvalue weighted by molar-refractivity contribution is -0.272. The summed E-state index contributed by atoms with van der Waals surface area (Å²) in [4.78, 5) is 16.8. The minimum absolute atomic E-state index is 0.241. The summed E-state index contributed by atoms with van der Waals surface area (Å²) in [5.41, 5.74) is -3.12. The smallest absolute Gasteiger partial charge is 0.374 e. The lowest BCUT2D eigenvalue weighted by Crippen LogP contribution is -2.48. The van der Waals surface area contributed by atoms with E-state index in [0.717, 1.165) is 4.57 Å². The Morgan fingerprint density at radius 3 is 2.52 bits per heavy atom. The number of imidazole rings is 1. The number of halogens is 3. The average molecular weight is 336 g/mol. The zero-order valence-corrected chi connectivity index (χ0v) is 13.7. The zero-order chi connectivity index (χ0) is 17.8. The fourth-order valence-electron chi connectivity index (χ4n) is 2.26. The second-order valence-corrected chi connectivity index (χ2v) is 5.98. The molecule has 1 unspecified atom stereocenters. The van der Waals surface area contributed by atoms with Crippen LogP contribution in [0.25, 0.3) is 0 Å². The fourth-order valence-corrected chi connectivity index (χ4v) is 2.26. The van der Waals surface area contributed by atoms with E-state index in [1.807, 2.05) is 13.8 Å². The minimum Gasteiger partial charge on any atom is -0.374 e. The molecule has 132 valence electrons. The predicted molar refractivity (Wildman–Crippen MR) is 78.6 cm³/mol. The maximum Gasteiger partial charge on any atom is 0.424 e. The van der Waals surface area contributed by atoms with Crippen molar-refractivity contribution >= 4 is 6.03 Å². The third-order valence-electron chi connectivity index (χ3n) is 3.41. The van der Waals surface area contributed by atoms with Crippen LogP contribution in [0, 0.1) is 5.92 Å². The Hall–Kier alpha value is -1.77. The van der Waals surface area contributed by atoms with Crippen molar-refractivity contribution in [3.8, 4) is 0 Å². The first kappa shape index (κ1) is 19.3. The Kier molecular flexibility index (Phi) is 6.04. The van der Waals surface area contributed by atoms with Crippen LogP contribution in [0.1, 0.15) is 26.1 Å². The number of carbonyl (C=O) groups is 1. The monoisotopic (exact) mass is 336 g/mol. The van der Waals surface area contributed by atoms with Gasteiger partial charge in [-0.3, -0.25) is 0 Å². The molecule has 0 aliphatic carbocycles. The molecule has 9 heteroatoms. The van der Waals surface area contributed by atoms with E-state index in [2.05, 4.69) is 10.3 Å². The lowest BCUT2D eigenvalue weighted by Gasteiger charge is -2.30. The van der Waals surface area contributed by atoms with Crippen molar-refractivity contribution in [2.45, 2.75) is 32.0 Å². The maximum absolute atomic E-state index is 13.3. The molecule has 0 fully saturated rings. The number of amides is 2. The first-order valence-corrected chi connectivity index (χ1v) is 7.25. The van der Waals surface area contributed by atoms with E-state index < -0.39 is 30.1 Å². The molecule has 1 aromatic rings. The van der Waals surface area contributed by atoms with E-state index in [9.17, 15) is 23.1 Å². The van der Waals surface area contributed by atoms with E-state index in [1.165, 1.54) is 24.3 Å². The van der Waals surface area contributed by atoms with E-state index in [0.29, 0.717) is 6.54 Å². The minimum atomic E-state index is -4.90. The SMILES string of the molecule is CC(C)CN(C)C(=O)NCCC(O)(c1nccn1C)C(F)(F)F. The first-order valence-electron chi connectivity index (χ1n) is 7.25. The summed E-state index contributed by atoms with van der Waals surface area (Å²) >= 11 is 0. The molecule has 0 radical (unpaired) electrons. The summed E-state index contributed by atoms with van der Waals surface area (Å²) in [6.45, 7) is 4.00. The number of nitrogens with zero attached hydrogens (tertiary/aromatic N) is 3. The number of aryl methyl sites for hydroxylation is 1. The molecule has 6 nitrogen and oxygen atoms in total. The number of carbonyl (C=O) groups excluding carboxylic acids is 1. The van der Waals surface area contributed by atoms with Crippen molar-refractivity contribution in [2.75, 3.05) is 20.1 Å². The molecule has 0 saturated carbocycles. The first-order chi connectivity index (χ1) is 10.5. The molecule has 0 aliphatic heterocycles. The summed E-state index contributed by atoms with van der Waals surface area (Å²) in [7, 11) is 2.93. The highest BCUT2D eigenvalue weighted by molar-refractivity contribution is 5.73. The fraction of sp³-hybridized carbons (Fsp3) is 0.714. The van der Waals surface area contributed by atoms with Crippen LogP contribution >= 0.6 is 0 Å². The molecule has 2 N–H and O–H groups in total. The predicted octanol–water partition coefficient (Wildman–Crippen LogP) is 1.86. The third-order valence-corrected chi connectivity index (χ3v) is 3.41. The Morgan fingerprint density at radius 2 is 2.09 bits per heavy atom. The van der Waals surface area contributed by atoms with Crippen molar-refractivity contribution in [1.82, 2.24) is 19.8 Å². The highest BCUT2D eigenvalue weighted by Gasteiger charge is 2.57. The highest BCUT2D eigenvalue weighted by Crippen LogP contribution is 2.40. The van der Waals surface area contributed by atoms with Crippen LogP contribution in [0.2, 0.25) is 0 Å². The molecule has 0 aromatic carbocycles. The summed E-state index contributed by atoms with van der Waals surface area (Å²) in [5.74, 6) is -0.264. The van der Waals surface area contributed by atoms with Crippen LogP contribution in [0.5, 0.6) is 0 Å². The van der Waals surface area contributed by atoms with Crippen LogP contribution in [0.4, 0.5) is 18.0 Å². The molecular formula is C14H23F3N4O2. The topological polar surface area (TPSA) is 70.4 Å². The van der Waals surface area contributed by atoms with Crippen LogP contribution in [-0.4, -0.2) is 51.9 Å². The van der Waals surface area contributed by atoms with Crippen LogP contribution < -0.4 is 5.32 Å². The summed E-state index contributed by atoms with van der Waals surface area (Å²) in [6, 6.07) is -0.483. The summed E-state index contributed by atoms with van der Waals surface area (Å²) < 4.78 is 40.9. The third kappa shape index (κ3) is 4.60. The Bertz CT molecular complexity index is 530. The summed E-state index contributed by atoms with van der Waals surface area (Å²) in [6.07, 6.45) is -3.12. The average Bonchev–Trinajstić information content (AvgIpc) is 2.82. The standard InChI is InChI=1S/C14H23F3N4O2/c1-10(2)9-21(4)12(22)19-6-5-13(23,14(15,16)17)11-18-7-8-20(11)3/h7-8,10,23H,5-6,9H2,1-4H3,(H,19,22). The van der Waals surface area contributed by atoms with Gasteiger partial charge in [-0.2, -0.15) is 13.2 Å². The van der Waals surface area contributed by atoms with Gasteiger partial charge in [-0.05, 0) is 5.92 Å². The Labute approximate surface area is 133 Å². The van der Waals surface area contributed by atoms with Crippen molar-refractivity contribution in [1.29, 1.82) is 0 Å². The molecule has 0 spiro atoms. The van der Waals surface area contributed by atoms with Gasteiger partial charge >= 0.3 is 12.2 Å². The maximum atomic E-state index is 13.3.